The molecule has 1 aromatic carbocycles. The number of fused-ring (bicyclic) bond motifs is 1. The highest BCUT2D eigenvalue weighted by atomic mass is 16.5. The van der Waals surface area contributed by atoms with Gasteiger partial charge < -0.3 is 9.84 Å². The predicted octanol–water partition coefficient (Wildman–Crippen LogP) is 2.22. The van der Waals surface area contributed by atoms with Crippen LogP contribution in [0.3, 0.4) is 0 Å². The zero-order valence-electron chi connectivity index (χ0n) is 18.3. The molecule has 1 saturated heterocycles. The Morgan fingerprint density at radius 2 is 2.00 bits per heavy atom. The van der Waals surface area contributed by atoms with Gasteiger partial charge in [0.1, 0.15) is 0 Å². The van der Waals surface area contributed by atoms with Crippen LogP contribution in [0.1, 0.15) is 37.2 Å². The summed E-state index contributed by atoms with van der Waals surface area (Å²) in [4.78, 5) is 25.9. The van der Waals surface area contributed by atoms with E-state index in [0.29, 0.717) is 19.0 Å². The minimum Gasteiger partial charge on any atom is -0.355 e. The summed E-state index contributed by atoms with van der Waals surface area (Å²) in [7, 11) is 0. The van der Waals surface area contributed by atoms with E-state index in [0.717, 1.165) is 61.3 Å². The normalized spacial score (nSPS) is 16.5. The molecule has 3 heterocycles. The van der Waals surface area contributed by atoms with Gasteiger partial charge in [-0.05, 0) is 25.0 Å². The van der Waals surface area contributed by atoms with Crippen LogP contribution in [-0.4, -0.2) is 70.1 Å². The fourth-order valence-corrected chi connectivity index (χ4v) is 4.01. The van der Waals surface area contributed by atoms with Crippen molar-refractivity contribution in [1.29, 1.82) is 0 Å². The van der Waals surface area contributed by atoms with Crippen molar-refractivity contribution in [2.75, 3.05) is 39.3 Å². The van der Waals surface area contributed by atoms with Crippen molar-refractivity contribution in [2.45, 2.75) is 32.7 Å². The molecule has 1 unspecified atom stereocenters. The molecule has 164 valence electrons. The van der Waals surface area contributed by atoms with Crippen LogP contribution in [0.2, 0.25) is 0 Å². The number of rotatable bonds is 8. The molecule has 4 rings (SSSR count). The molecule has 1 atom stereocenters. The first-order chi connectivity index (χ1) is 15.1. The van der Waals surface area contributed by atoms with Crippen LogP contribution >= 0.6 is 0 Å². The van der Waals surface area contributed by atoms with E-state index >= 15 is 0 Å². The Bertz CT molecular complexity index is 1010. The third-order valence-electron chi connectivity index (χ3n) is 5.91. The van der Waals surface area contributed by atoms with Gasteiger partial charge in [-0.1, -0.05) is 36.3 Å². The highest BCUT2D eigenvalue weighted by Crippen LogP contribution is 2.20. The van der Waals surface area contributed by atoms with E-state index in [4.69, 9.17) is 4.52 Å². The Labute approximate surface area is 182 Å². The molecule has 1 N–H and O–H groups in total. The number of nitrogens with zero attached hydrogens (tertiary/aromatic N) is 5. The maximum atomic E-state index is 12.4. The van der Waals surface area contributed by atoms with Gasteiger partial charge in [-0.3, -0.25) is 19.6 Å². The van der Waals surface area contributed by atoms with Crippen molar-refractivity contribution >= 4 is 16.8 Å². The van der Waals surface area contributed by atoms with Crippen molar-refractivity contribution < 1.29 is 9.32 Å². The summed E-state index contributed by atoms with van der Waals surface area (Å²) in [6.07, 6.45) is 3.36. The number of carbonyl (C=O) groups is 1. The van der Waals surface area contributed by atoms with Gasteiger partial charge in [0.15, 0.2) is 5.82 Å². The fraction of sp³-hybridized carbons (Fsp3) is 0.478. The molecule has 8 nitrogen and oxygen atoms in total. The number of carbonyl (C=O) groups excluding carboxylic acids is 1. The van der Waals surface area contributed by atoms with E-state index in [-0.39, 0.29) is 11.9 Å². The zero-order chi connectivity index (χ0) is 21.6. The number of hydrogen-bond donors (Lipinski definition) is 1. The largest absolute Gasteiger partial charge is 0.355 e. The Morgan fingerprint density at radius 3 is 2.77 bits per heavy atom. The van der Waals surface area contributed by atoms with Crippen LogP contribution in [-0.2, 0) is 17.6 Å². The molecular weight excluding hydrogens is 392 g/mol. The van der Waals surface area contributed by atoms with E-state index in [2.05, 4.69) is 55.4 Å². The third-order valence-corrected chi connectivity index (χ3v) is 5.91. The molecular formula is C23H30N6O2. The maximum Gasteiger partial charge on any atom is 0.243 e. The first-order valence-electron chi connectivity index (χ1n) is 11.0. The summed E-state index contributed by atoms with van der Waals surface area (Å²) >= 11 is 0. The van der Waals surface area contributed by atoms with E-state index in [9.17, 15) is 4.79 Å². The van der Waals surface area contributed by atoms with Gasteiger partial charge in [-0.15, -0.1) is 0 Å². The number of aryl methyl sites for hydroxylation is 1. The lowest BCUT2D eigenvalue weighted by molar-refractivity contribution is -0.122. The van der Waals surface area contributed by atoms with Crippen LogP contribution in [0, 0.1) is 0 Å². The number of aromatic nitrogens is 3. The van der Waals surface area contributed by atoms with Gasteiger partial charge in [0.25, 0.3) is 0 Å². The molecule has 0 aliphatic carbocycles. The second kappa shape index (κ2) is 9.98. The standard InChI is InChI=1S/C23H30N6O2/c1-3-20-26-23(31-27-20)17(2)29-14-12-28(13-15-29)16-21(30)24-11-9-19-7-4-6-18-8-5-10-25-22(18)19/h4-8,10,17H,3,9,11-16H2,1-2H3,(H,24,30). The van der Waals surface area contributed by atoms with E-state index in [1.165, 1.54) is 0 Å². The van der Waals surface area contributed by atoms with Crippen molar-refractivity contribution in [3.63, 3.8) is 0 Å². The molecule has 0 radical (unpaired) electrons. The highest BCUT2D eigenvalue weighted by Gasteiger charge is 2.26. The van der Waals surface area contributed by atoms with Crippen LogP contribution in [0.25, 0.3) is 10.9 Å². The van der Waals surface area contributed by atoms with Gasteiger partial charge in [0.05, 0.1) is 18.1 Å². The minimum atomic E-state index is 0.0687. The number of nitrogens with one attached hydrogen (secondary N) is 1. The number of amides is 1. The summed E-state index contributed by atoms with van der Waals surface area (Å²) in [5.41, 5.74) is 2.17. The van der Waals surface area contributed by atoms with Gasteiger partial charge in [0, 0.05) is 50.7 Å². The molecule has 1 aliphatic rings. The monoisotopic (exact) mass is 422 g/mol. The minimum absolute atomic E-state index is 0.0687. The summed E-state index contributed by atoms with van der Waals surface area (Å²) in [6, 6.07) is 10.3. The van der Waals surface area contributed by atoms with Gasteiger partial charge in [-0.25, -0.2) is 0 Å². The zero-order valence-corrected chi connectivity index (χ0v) is 18.3. The Balaban J connectivity index is 1.20. The lowest BCUT2D eigenvalue weighted by atomic mass is 10.1. The third kappa shape index (κ3) is 5.26. The Morgan fingerprint density at radius 1 is 1.19 bits per heavy atom. The van der Waals surface area contributed by atoms with Crippen LogP contribution in [0.15, 0.2) is 41.1 Å². The average Bonchev–Trinajstić information content (AvgIpc) is 3.29. The first-order valence-corrected chi connectivity index (χ1v) is 11.0. The number of piperazine rings is 1. The SMILES string of the molecule is CCc1noc(C(C)N2CCN(CC(=O)NCCc3cccc4cccnc34)CC2)n1. The first kappa shape index (κ1) is 21.4. The quantitative estimate of drug-likeness (QED) is 0.595. The summed E-state index contributed by atoms with van der Waals surface area (Å²) < 4.78 is 5.38. The van der Waals surface area contributed by atoms with Crippen molar-refractivity contribution in [1.82, 2.24) is 30.2 Å². The highest BCUT2D eigenvalue weighted by molar-refractivity contribution is 5.81. The molecule has 1 amide bonds. The number of pyridine rings is 1. The molecule has 8 heteroatoms. The van der Waals surface area contributed by atoms with E-state index < -0.39 is 0 Å². The molecule has 3 aromatic rings. The van der Waals surface area contributed by atoms with Crippen molar-refractivity contribution in [2.24, 2.45) is 0 Å². The average molecular weight is 423 g/mol. The van der Waals surface area contributed by atoms with Crippen LogP contribution in [0.5, 0.6) is 0 Å². The van der Waals surface area contributed by atoms with E-state index in [1.807, 2.05) is 25.3 Å². The molecule has 1 aliphatic heterocycles. The number of hydrogen-bond acceptors (Lipinski definition) is 7. The molecule has 0 saturated carbocycles. The second-order valence-electron chi connectivity index (χ2n) is 7.98. The molecule has 1 fully saturated rings. The molecule has 0 bridgehead atoms. The Hall–Kier alpha value is -2.84. The molecule has 0 spiro atoms. The second-order valence-corrected chi connectivity index (χ2v) is 7.98. The van der Waals surface area contributed by atoms with Crippen molar-refractivity contribution in [3.8, 4) is 0 Å². The molecule has 2 aromatic heterocycles. The van der Waals surface area contributed by atoms with Gasteiger partial charge in [0.2, 0.25) is 11.8 Å². The fourth-order valence-electron chi connectivity index (χ4n) is 4.01. The molecule has 31 heavy (non-hydrogen) atoms. The van der Waals surface area contributed by atoms with E-state index in [1.54, 1.807) is 0 Å². The summed E-state index contributed by atoms with van der Waals surface area (Å²) in [6.45, 7) is 8.60. The van der Waals surface area contributed by atoms with Gasteiger partial charge >= 0.3 is 0 Å². The summed E-state index contributed by atoms with van der Waals surface area (Å²) in [5, 5.41) is 8.18. The van der Waals surface area contributed by atoms with Gasteiger partial charge in [-0.2, -0.15) is 4.98 Å². The number of para-hydroxylation sites is 1. The predicted molar refractivity (Wildman–Crippen MR) is 119 cm³/mol. The maximum absolute atomic E-state index is 12.4. The Kier molecular flexibility index (Phi) is 6.89. The smallest absolute Gasteiger partial charge is 0.243 e. The van der Waals surface area contributed by atoms with Crippen molar-refractivity contribution in [3.05, 3.63) is 53.8 Å². The topological polar surface area (TPSA) is 87.4 Å². The summed E-state index contributed by atoms with van der Waals surface area (Å²) in [5.74, 6) is 1.49. The lowest BCUT2D eigenvalue weighted by Crippen LogP contribution is -2.50. The van der Waals surface area contributed by atoms with Crippen LogP contribution in [0.4, 0.5) is 0 Å². The number of benzene rings is 1. The lowest BCUT2D eigenvalue weighted by Gasteiger charge is -2.36. The van der Waals surface area contributed by atoms with Crippen LogP contribution < -0.4 is 5.32 Å².